The molecular weight excluding hydrogens is 291 g/mol. The second-order valence-electron chi connectivity index (χ2n) is 4.29. The van der Waals surface area contributed by atoms with Crippen LogP contribution in [0.5, 0.6) is 0 Å². The number of aliphatic hydroxyl groups excluding tert-OH is 1. The van der Waals surface area contributed by atoms with Crippen LogP contribution >= 0.6 is 11.8 Å². The first-order chi connectivity index (χ1) is 10.2. The van der Waals surface area contributed by atoms with Gasteiger partial charge < -0.3 is 10.4 Å². The molecule has 0 aliphatic rings. The largest absolute Gasteiger partial charge is 0.396 e. The molecule has 110 valence electrons. The third kappa shape index (κ3) is 4.84. The van der Waals surface area contributed by atoms with Gasteiger partial charge in [-0.3, -0.25) is 4.79 Å². The zero-order chi connectivity index (χ0) is 15.1. The number of nitrogens with one attached hydrogen (secondary N) is 1. The zero-order valence-electron chi connectivity index (χ0n) is 11.3. The lowest BCUT2D eigenvalue weighted by molar-refractivity contribution is 0.102. The van der Waals surface area contributed by atoms with Crippen molar-refractivity contribution < 1.29 is 14.3 Å². The highest BCUT2D eigenvalue weighted by molar-refractivity contribution is 7.98. The number of pyridine rings is 1. The van der Waals surface area contributed by atoms with E-state index < -0.39 is 11.7 Å². The number of halogens is 1. The Balaban J connectivity index is 2.02. The topological polar surface area (TPSA) is 62.2 Å². The summed E-state index contributed by atoms with van der Waals surface area (Å²) < 4.78 is 13.1. The summed E-state index contributed by atoms with van der Waals surface area (Å²) in [5, 5.41) is 11.4. The number of hydrogen-bond acceptors (Lipinski definition) is 4. The lowest BCUT2D eigenvalue weighted by atomic mass is 10.2. The average Bonchev–Trinajstić information content (AvgIpc) is 2.48. The Bertz CT molecular complexity index is 622. The summed E-state index contributed by atoms with van der Waals surface area (Å²) in [5.74, 6) is 0.956. The molecule has 2 rings (SSSR count). The number of anilines is 1. The molecule has 0 atom stereocenters. The van der Waals surface area contributed by atoms with Crippen molar-refractivity contribution >= 4 is 23.5 Å². The maximum atomic E-state index is 13.1. The Morgan fingerprint density at radius 2 is 2.19 bits per heavy atom. The van der Waals surface area contributed by atoms with Crippen LogP contribution in [-0.2, 0) is 5.75 Å². The van der Waals surface area contributed by atoms with Crippen molar-refractivity contribution in [1.29, 1.82) is 0 Å². The summed E-state index contributed by atoms with van der Waals surface area (Å²) in [4.78, 5) is 16.1. The third-order valence-electron chi connectivity index (χ3n) is 2.66. The van der Waals surface area contributed by atoms with Gasteiger partial charge in [-0.15, -0.1) is 0 Å². The quantitative estimate of drug-likeness (QED) is 0.806. The highest BCUT2D eigenvalue weighted by Crippen LogP contribution is 2.15. The van der Waals surface area contributed by atoms with Gasteiger partial charge in [-0.05, 0) is 35.9 Å². The number of aliphatic hydroxyl groups is 1. The van der Waals surface area contributed by atoms with Gasteiger partial charge in [0.05, 0.1) is 6.61 Å². The highest BCUT2D eigenvalue weighted by atomic mass is 32.2. The number of aromatic nitrogens is 1. The predicted molar refractivity (Wildman–Crippen MR) is 81.8 cm³/mol. The molecule has 4 nitrogen and oxygen atoms in total. The molecule has 0 aliphatic heterocycles. The fourth-order valence-corrected chi connectivity index (χ4v) is 2.39. The van der Waals surface area contributed by atoms with Crippen molar-refractivity contribution in [3.63, 3.8) is 0 Å². The number of carbonyl (C=O) groups excluding carboxylic acids is 1. The molecule has 1 aromatic carbocycles. The van der Waals surface area contributed by atoms with Crippen LogP contribution in [0.1, 0.15) is 15.9 Å². The van der Waals surface area contributed by atoms with Gasteiger partial charge >= 0.3 is 0 Å². The van der Waals surface area contributed by atoms with E-state index in [9.17, 15) is 9.18 Å². The monoisotopic (exact) mass is 306 g/mol. The molecule has 0 saturated carbocycles. The van der Waals surface area contributed by atoms with Crippen LogP contribution in [0.2, 0.25) is 0 Å². The lowest BCUT2D eigenvalue weighted by Gasteiger charge is -2.06. The van der Waals surface area contributed by atoms with Crippen LogP contribution in [-0.4, -0.2) is 28.4 Å². The van der Waals surface area contributed by atoms with E-state index >= 15 is 0 Å². The maximum Gasteiger partial charge on any atom is 0.256 e. The first-order valence-electron chi connectivity index (χ1n) is 6.39. The lowest BCUT2D eigenvalue weighted by Crippen LogP contribution is -2.13. The number of carbonyl (C=O) groups is 1. The summed E-state index contributed by atoms with van der Waals surface area (Å²) in [6.45, 7) is 0.138. The SMILES string of the molecule is O=C(Nc1cc(CSCCO)ccn1)c1cccc(F)c1. The maximum absolute atomic E-state index is 13.1. The second-order valence-corrected chi connectivity index (χ2v) is 5.40. The fraction of sp³-hybridized carbons (Fsp3) is 0.200. The van der Waals surface area contributed by atoms with Crippen LogP contribution in [0, 0.1) is 5.82 Å². The summed E-state index contributed by atoms with van der Waals surface area (Å²) in [7, 11) is 0. The first-order valence-corrected chi connectivity index (χ1v) is 7.55. The molecule has 2 aromatic rings. The average molecular weight is 306 g/mol. The van der Waals surface area contributed by atoms with Gasteiger partial charge in [-0.2, -0.15) is 11.8 Å². The number of amides is 1. The Labute approximate surface area is 126 Å². The fourth-order valence-electron chi connectivity index (χ4n) is 1.71. The third-order valence-corrected chi connectivity index (χ3v) is 3.67. The molecule has 2 N–H and O–H groups in total. The summed E-state index contributed by atoms with van der Waals surface area (Å²) in [6.07, 6.45) is 1.61. The molecule has 0 fully saturated rings. The van der Waals surface area contributed by atoms with E-state index in [0.717, 1.165) is 11.3 Å². The van der Waals surface area contributed by atoms with Gasteiger partial charge in [0.15, 0.2) is 0 Å². The van der Waals surface area contributed by atoms with Gasteiger partial charge in [0, 0.05) is 23.3 Å². The molecule has 0 saturated heterocycles. The van der Waals surface area contributed by atoms with Gasteiger partial charge in [-0.25, -0.2) is 9.37 Å². The molecule has 0 spiro atoms. The summed E-state index contributed by atoms with van der Waals surface area (Å²) in [5.41, 5.74) is 1.25. The van der Waals surface area contributed by atoms with Crippen molar-refractivity contribution in [1.82, 2.24) is 4.98 Å². The number of hydrogen-bond donors (Lipinski definition) is 2. The Morgan fingerprint density at radius 3 is 2.95 bits per heavy atom. The predicted octanol–water partition coefficient (Wildman–Crippen LogP) is 2.70. The van der Waals surface area contributed by atoms with E-state index in [4.69, 9.17) is 5.11 Å². The molecule has 1 heterocycles. The van der Waals surface area contributed by atoms with Gasteiger partial charge in [0.25, 0.3) is 5.91 Å². The molecule has 0 unspecified atom stereocenters. The Kier molecular flexibility index (Phi) is 5.71. The van der Waals surface area contributed by atoms with Crippen molar-refractivity contribution in [3.05, 3.63) is 59.5 Å². The van der Waals surface area contributed by atoms with Crippen LogP contribution in [0.25, 0.3) is 0 Å². The molecule has 0 radical (unpaired) electrons. The van der Waals surface area contributed by atoms with E-state index in [1.807, 2.05) is 6.07 Å². The van der Waals surface area contributed by atoms with Crippen LogP contribution in [0.15, 0.2) is 42.6 Å². The summed E-state index contributed by atoms with van der Waals surface area (Å²) in [6, 6.07) is 9.10. The van der Waals surface area contributed by atoms with Crippen molar-refractivity contribution in [3.8, 4) is 0 Å². The number of benzene rings is 1. The van der Waals surface area contributed by atoms with Crippen molar-refractivity contribution in [2.24, 2.45) is 0 Å². The van der Waals surface area contributed by atoms with E-state index in [2.05, 4.69) is 10.3 Å². The van der Waals surface area contributed by atoms with Crippen molar-refractivity contribution in [2.75, 3.05) is 17.7 Å². The molecular formula is C15H15FN2O2S. The van der Waals surface area contributed by atoms with E-state index in [-0.39, 0.29) is 12.2 Å². The molecule has 0 aliphatic carbocycles. The molecule has 0 bridgehead atoms. The molecule has 21 heavy (non-hydrogen) atoms. The smallest absolute Gasteiger partial charge is 0.256 e. The van der Waals surface area contributed by atoms with Crippen LogP contribution in [0.4, 0.5) is 10.2 Å². The normalized spacial score (nSPS) is 10.4. The zero-order valence-corrected chi connectivity index (χ0v) is 12.1. The Hall–Kier alpha value is -1.92. The second kappa shape index (κ2) is 7.75. The minimum absolute atomic E-state index is 0.138. The van der Waals surface area contributed by atoms with Crippen LogP contribution < -0.4 is 5.32 Å². The minimum atomic E-state index is -0.454. The Morgan fingerprint density at radius 1 is 1.33 bits per heavy atom. The molecule has 1 amide bonds. The minimum Gasteiger partial charge on any atom is -0.396 e. The summed E-state index contributed by atoms with van der Waals surface area (Å²) >= 11 is 1.59. The number of thioether (sulfide) groups is 1. The van der Waals surface area contributed by atoms with Gasteiger partial charge in [0.1, 0.15) is 11.6 Å². The van der Waals surface area contributed by atoms with Crippen molar-refractivity contribution in [2.45, 2.75) is 5.75 Å². The standard InChI is InChI=1S/C15H15FN2O2S/c16-13-3-1-2-12(9-13)15(20)18-14-8-11(4-5-17-14)10-21-7-6-19/h1-5,8-9,19H,6-7,10H2,(H,17,18,20). The van der Waals surface area contributed by atoms with Crippen LogP contribution in [0.3, 0.4) is 0 Å². The highest BCUT2D eigenvalue weighted by Gasteiger charge is 2.08. The van der Waals surface area contributed by atoms with Gasteiger partial charge in [0.2, 0.25) is 0 Å². The number of nitrogens with zero attached hydrogens (tertiary/aromatic N) is 1. The van der Waals surface area contributed by atoms with E-state index in [1.54, 1.807) is 30.1 Å². The number of rotatable bonds is 6. The molecule has 1 aromatic heterocycles. The molecule has 6 heteroatoms. The van der Waals surface area contributed by atoms with E-state index in [1.165, 1.54) is 18.2 Å². The van der Waals surface area contributed by atoms with Gasteiger partial charge in [-0.1, -0.05) is 6.07 Å². The van der Waals surface area contributed by atoms with E-state index in [0.29, 0.717) is 11.6 Å². The first kappa shape index (κ1) is 15.5.